The minimum absolute atomic E-state index is 0.203. The van der Waals surface area contributed by atoms with Crippen LogP contribution in [0.1, 0.15) is 22.6 Å². The zero-order chi connectivity index (χ0) is 29.5. The van der Waals surface area contributed by atoms with Gasteiger partial charge in [0.2, 0.25) is 0 Å². The molecule has 1 N–H and O–H groups in total. The highest BCUT2D eigenvalue weighted by atomic mass is 15.0. The number of nitrogens with zero attached hydrogens (tertiary/aromatic N) is 1. The third-order valence-electron chi connectivity index (χ3n) is 9.81. The van der Waals surface area contributed by atoms with Crippen molar-refractivity contribution in [2.24, 2.45) is 0 Å². The number of hydrogen-bond donors (Lipinski definition) is 1. The van der Waals surface area contributed by atoms with E-state index in [2.05, 4.69) is 167 Å². The summed E-state index contributed by atoms with van der Waals surface area (Å²) in [5, 5.41) is 5.11. The summed E-state index contributed by atoms with van der Waals surface area (Å²) in [7, 11) is 0. The van der Waals surface area contributed by atoms with Crippen molar-refractivity contribution in [1.82, 2.24) is 9.55 Å². The van der Waals surface area contributed by atoms with E-state index in [0.717, 1.165) is 0 Å². The molecule has 210 valence electrons. The molecule has 0 aliphatic heterocycles. The van der Waals surface area contributed by atoms with Crippen LogP contribution in [0, 0.1) is 0 Å². The third-order valence-corrected chi connectivity index (χ3v) is 9.81. The van der Waals surface area contributed by atoms with Gasteiger partial charge in [-0.2, -0.15) is 0 Å². The van der Waals surface area contributed by atoms with Crippen LogP contribution in [0.15, 0.2) is 158 Å². The van der Waals surface area contributed by atoms with Crippen molar-refractivity contribution in [2.75, 3.05) is 0 Å². The van der Waals surface area contributed by atoms with Crippen LogP contribution < -0.4 is 0 Å². The van der Waals surface area contributed by atoms with E-state index in [-0.39, 0.29) is 5.92 Å². The molecule has 0 fully saturated rings. The molecule has 2 heteroatoms. The molecule has 0 spiro atoms. The van der Waals surface area contributed by atoms with Crippen molar-refractivity contribution in [1.29, 1.82) is 0 Å². The Bertz CT molecular complexity index is 2600. The normalized spacial score (nSPS) is 14.0. The summed E-state index contributed by atoms with van der Waals surface area (Å²) < 4.78 is 2.38. The van der Waals surface area contributed by atoms with E-state index in [1.54, 1.807) is 0 Å². The van der Waals surface area contributed by atoms with Gasteiger partial charge in [-0.05, 0) is 93.5 Å². The van der Waals surface area contributed by atoms with Crippen LogP contribution in [0.5, 0.6) is 0 Å². The van der Waals surface area contributed by atoms with Gasteiger partial charge in [0.15, 0.2) is 0 Å². The van der Waals surface area contributed by atoms with Crippen molar-refractivity contribution in [3.05, 3.63) is 174 Å². The molecule has 2 heterocycles. The first-order valence-electron chi connectivity index (χ1n) is 15.6. The number of nitrogens with one attached hydrogen (secondary N) is 1. The van der Waals surface area contributed by atoms with Crippen LogP contribution in [0.2, 0.25) is 0 Å². The van der Waals surface area contributed by atoms with Crippen molar-refractivity contribution in [2.45, 2.75) is 5.92 Å². The number of fused-ring (bicyclic) bond motifs is 9. The van der Waals surface area contributed by atoms with Gasteiger partial charge in [-0.25, -0.2) is 0 Å². The number of aromatic nitrogens is 2. The predicted molar refractivity (Wildman–Crippen MR) is 188 cm³/mol. The van der Waals surface area contributed by atoms with E-state index in [1.807, 2.05) is 0 Å². The maximum atomic E-state index is 3.59. The molecule has 2 nitrogen and oxygen atoms in total. The van der Waals surface area contributed by atoms with Crippen molar-refractivity contribution < 1.29 is 0 Å². The van der Waals surface area contributed by atoms with E-state index < -0.39 is 0 Å². The summed E-state index contributed by atoms with van der Waals surface area (Å²) in [6, 6.07) is 58.0. The van der Waals surface area contributed by atoms with Crippen LogP contribution in [0.3, 0.4) is 0 Å². The summed E-state index contributed by atoms with van der Waals surface area (Å²) in [5.41, 5.74) is 15.3. The van der Waals surface area contributed by atoms with Gasteiger partial charge in [0.25, 0.3) is 0 Å². The third kappa shape index (κ3) is 3.57. The van der Waals surface area contributed by atoms with E-state index in [9.17, 15) is 0 Å². The van der Waals surface area contributed by atoms with Crippen molar-refractivity contribution >= 4 is 43.6 Å². The zero-order valence-electron chi connectivity index (χ0n) is 24.5. The molecule has 9 aromatic rings. The minimum atomic E-state index is 0.203. The first kappa shape index (κ1) is 24.6. The van der Waals surface area contributed by atoms with Gasteiger partial charge >= 0.3 is 0 Å². The standard InChI is InChI=1S/C43H28N2/c1-2-10-30(11-3-1)45-41-17-9-7-14-33(41)38-25-28(20-23-42(38)45)27-18-21-35-36(24-27)31-12-4-5-15-34(31)43(35)29-19-22-40-37(26-29)32-13-6-8-16-39(32)44-40/h1-26,43-44H. The van der Waals surface area contributed by atoms with E-state index >= 15 is 0 Å². The average Bonchev–Trinajstić information content (AvgIpc) is 3.75. The Hall–Kier alpha value is -5.86. The van der Waals surface area contributed by atoms with Gasteiger partial charge < -0.3 is 9.55 Å². The number of rotatable bonds is 3. The number of aromatic amines is 1. The van der Waals surface area contributed by atoms with Crippen molar-refractivity contribution in [3.63, 3.8) is 0 Å². The largest absolute Gasteiger partial charge is 0.355 e. The highest BCUT2D eigenvalue weighted by molar-refractivity contribution is 6.11. The SMILES string of the molecule is c1ccc(-n2c3ccccc3c3cc(-c4ccc5c(c4)-c4ccccc4C5c4ccc5[nH]c6ccccc6c5c4)ccc32)cc1. The summed E-state index contributed by atoms with van der Waals surface area (Å²) in [6.07, 6.45) is 0. The van der Waals surface area contributed by atoms with Gasteiger partial charge in [-0.1, -0.05) is 103 Å². The van der Waals surface area contributed by atoms with Crippen LogP contribution in [-0.2, 0) is 0 Å². The summed E-state index contributed by atoms with van der Waals surface area (Å²) >= 11 is 0. The Labute approximate surface area is 260 Å². The molecule has 0 saturated carbocycles. The molecule has 0 saturated heterocycles. The molecule has 7 aromatic carbocycles. The molecule has 2 aromatic heterocycles. The highest BCUT2D eigenvalue weighted by Gasteiger charge is 2.30. The Kier molecular flexibility index (Phi) is 5.09. The van der Waals surface area contributed by atoms with E-state index in [4.69, 9.17) is 0 Å². The molecular formula is C43H28N2. The summed E-state index contributed by atoms with van der Waals surface area (Å²) in [4.78, 5) is 3.59. The molecule has 0 bridgehead atoms. The van der Waals surface area contributed by atoms with Crippen LogP contribution in [0.25, 0.3) is 71.6 Å². The zero-order valence-corrected chi connectivity index (χ0v) is 24.5. The molecule has 45 heavy (non-hydrogen) atoms. The summed E-state index contributed by atoms with van der Waals surface area (Å²) in [5.74, 6) is 0.203. The number of para-hydroxylation sites is 3. The molecule has 1 aliphatic carbocycles. The maximum Gasteiger partial charge on any atom is 0.0541 e. The van der Waals surface area contributed by atoms with Gasteiger partial charge in [0.1, 0.15) is 0 Å². The van der Waals surface area contributed by atoms with Gasteiger partial charge in [-0.15, -0.1) is 0 Å². The fourth-order valence-corrected chi connectivity index (χ4v) is 7.79. The fourth-order valence-electron chi connectivity index (χ4n) is 7.79. The lowest BCUT2D eigenvalue weighted by Gasteiger charge is -2.15. The van der Waals surface area contributed by atoms with Gasteiger partial charge in [0, 0.05) is 44.2 Å². The predicted octanol–water partition coefficient (Wildman–Crippen LogP) is 11.2. The first-order chi connectivity index (χ1) is 22.3. The Morgan fingerprint density at radius 3 is 2.04 bits per heavy atom. The highest BCUT2D eigenvalue weighted by Crippen LogP contribution is 2.50. The van der Waals surface area contributed by atoms with Gasteiger partial charge in [-0.3, -0.25) is 0 Å². The van der Waals surface area contributed by atoms with Crippen molar-refractivity contribution in [3.8, 4) is 27.9 Å². The Balaban J connectivity index is 1.13. The smallest absolute Gasteiger partial charge is 0.0541 e. The van der Waals surface area contributed by atoms with Gasteiger partial charge in [0.05, 0.1) is 11.0 Å². The second-order valence-electron chi connectivity index (χ2n) is 12.2. The van der Waals surface area contributed by atoms with E-state index in [0.29, 0.717) is 0 Å². The maximum absolute atomic E-state index is 3.59. The second kappa shape index (κ2) is 9.32. The first-order valence-corrected chi connectivity index (χ1v) is 15.6. The molecule has 10 rings (SSSR count). The Morgan fingerprint density at radius 2 is 1.11 bits per heavy atom. The lowest BCUT2D eigenvalue weighted by Crippen LogP contribution is -1.99. The second-order valence-corrected chi connectivity index (χ2v) is 12.2. The van der Waals surface area contributed by atoms with E-state index in [1.165, 1.54) is 88.2 Å². The average molecular weight is 573 g/mol. The molecule has 1 aliphatic rings. The lowest BCUT2D eigenvalue weighted by molar-refractivity contribution is 1.02. The van der Waals surface area contributed by atoms with Crippen LogP contribution in [-0.4, -0.2) is 9.55 Å². The monoisotopic (exact) mass is 572 g/mol. The van der Waals surface area contributed by atoms with Crippen LogP contribution in [0.4, 0.5) is 0 Å². The number of benzene rings is 7. The topological polar surface area (TPSA) is 20.7 Å². The molecule has 0 amide bonds. The molecular weight excluding hydrogens is 544 g/mol. The fraction of sp³-hybridized carbons (Fsp3) is 0.0233. The summed E-state index contributed by atoms with van der Waals surface area (Å²) in [6.45, 7) is 0. The quantitative estimate of drug-likeness (QED) is 0.217. The lowest BCUT2D eigenvalue weighted by atomic mass is 9.88. The molecule has 1 atom stereocenters. The Morgan fingerprint density at radius 1 is 0.422 bits per heavy atom. The number of hydrogen-bond acceptors (Lipinski definition) is 0. The minimum Gasteiger partial charge on any atom is -0.355 e. The number of H-pyrrole nitrogens is 1. The molecule has 0 radical (unpaired) electrons. The molecule has 1 unspecified atom stereocenters. The van der Waals surface area contributed by atoms with Crippen LogP contribution >= 0.6 is 0 Å².